The van der Waals surface area contributed by atoms with Crippen LogP contribution in [0.5, 0.6) is 0 Å². The molecular weight excluding hydrogens is 240 g/mol. The Bertz CT molecular complexity index is 316. The van der Waals surface area contributed by atoms with E-state index in [1.165, 1.54) is 16.7 Å². The minimum absolute atomic E-state index is 0.102. The molecule has 0 saturated carbocycles. The van der Waals surface area contributed by atoms with Gasteiger partial charge < -0.3 is 14.9 Å². The molecule has 5 nitrogen and oxygen atoms in total. The van der Waals surface area contributed by atoms with E-state index in [4.69, 9.17) is 5.11 Å². The minimum Gasteiger partial charge on any atom is -0.480 e. The molecular formula is C11H18N2O3S. The molecule has 6 heteroatoms. The maximum Gasteiger partial charge on any atom is 0.327 e. The van der Waals surface area contributed by atoms with Gasteiger partial charge in [-0.25, -0.2) is 9.59 Å². The number of likely N-dealkylation sites (tertiary alicyclic amines) is 1. The highest BCUT2D eigenvalue weighted by Crippen LogP contribution is 2.24. The van der Waals surface area contributed by atoms with E-state index in [1.807, 2.05) is 0 Å². The second-order valence-electron chi connectivity index (χ2n) is 4.78. The zero-order valence-corrected chi connectivity index (χ0v) is 10.8. The number of amides is 2. The highest BCUT2D eigenvalue weighted by molar-refractivity contribution is 7.99. The van der Waals surface area contributed by atoms with Gasteiger partial charge >= 0.3 is 12.0 Å². The summed E-state index contributed by atoms with van der Waals surface area (Å²) in [4.78, 5) is 26.5. The largest absolute Gasteiger partial charge is 0.480 e. The lowest BCUT2D eigenvalue weighted by atomic mass is 9.99. The molecule has 1 N–H and O–H groups in total. The third kappa shape index (κ3) is 2.68. The van der Waals surface area contributed by atoms with Gasteiger partial charge in [0, 0.05) is 18.8 Å². The van der Waals surface area contributed by atoms with Crippen LogP contribution in [0, 0.1) is 5.92 Å². The zero-order chi connectivity index (χ0) is 12.4. The molecule has 0 aliphatic carbocycles. The van der Waals surface area contributed by atoms with Gasteiger partial charge in [-0.15, -0.1) is 11.8 Å². The lowest BCUT2D eigenvalue weighted by Crippen LogP contribution is -2.50. The van der Waals surface area contributed by atoms with Gasteiger partial charge in [0.1, 0.15) is 6.04 Å². The van der Waals surface area contributed by atoms with Crippen molar-refractivity contribution in [3.8, 4) is 0 Å². The van der Waals surface area contributed by atoms with Crippen molar-refractivity contribution in [1.82, 2.24) is 9.80 Å². The Hall–Kier alpha value is -0.910. The van der Waals surface area contributed by atoms with Gasteiger partial charge in [0.2, 0.25) is 0 Å². The van der Waals surface area contributed by atoms with Gasteiger partial charge in [-0.1, -0.05) is 6.92 Å². The molecule has 96 valence electrons. The van der Waals surface area contributed by atoms with Crippen molar-refractivity contribution in [3.63, 3.8) is 0 Å². The van der Waals surface area contributed by atoms with Crippen molar-refractivity contribution in [2.45, 2.75) is 25.8 Å². The number of hydrogen-bond donors (Lipinski definition) is 1. The van der Waals surface area contributed by atoms with Crippen LogP contribution in [0.15, 0.2) is 0 Å². The van der Waals surface area contributed by atoms with E-state index in [1.54, 1.807) is 4.90 Å². The fourth-order valence-electron chi connectivity index (χ4n) is 2.22. The maximum atomic E-state index is 12.2. The van der Waals surface area contributed by atoms with Crippen LogP contribution >= 0.6 is 11.8 Å². The molecule has 2 saturated heterocycles. The summed E-state index contributed by atoms with van der Waals surface area (Å²) < 4.78 is 0. The molecule has 2 amide bonds. The first-order chi connectivity index (χ1) is 8.09. The van der Waals surface area contributed by atoms with Crippen LogP contribution in [0.3, 0.4) is 0 Å². The summed E-state index contributed by atoms with van der Waals surface area (Å²) in [6.45, 7) is 3.70. The van der Waals surface area contributed by atoms with E-state index in [9.17, 15) is 9.59 Å². The number of carbonyl (C=O) groups excluding carboxylic acids is 1. The van der Waals surface area contributed by atoms with Gasteiger partial charge in [0.05, 0.1) is 5.88 Å². The third-order valence-corrected chi connectivity index (χ3v) is 4.48. The molecule has 0 radical (unpaired) electrons. The first-order valence-corrected chi connectivity index (χ1v) is 7.11. The molecule has 1 unspecified atom stereocenters. The van der Waals surface area contributed by atoms with Crippen molar-refractivity contribution in [1.29, 1.82) is 0 Å². The molecule has 2 rings (SSSR count). The Morgan fingerprint density at radius 1 is 1.29 bits per heavy atom. The number of carbonyl (C=O) groups is 2. The van der Waals surface area contributed by atoms with Crippen LogP contribution < -0.4 is 0 Å². The fourth-order valence-corrected chi connectivity index (χ4v) is 3.36. The van der Waals surface area contributed by atoms with Gasteiger partial charge in [-0.3, -0.25) is 0 Å². The molecule has 0 aromatic rings. The number of carboxylic acid groups (broad SMARTS) is 1. The van der Waals surface area contributed by atoms with Crippen molar-refractivity contribution >= 4 is 23.8 Å². The van der Waals surface area contributed by atoms with Crippen LogP contribution in [0.2, 0.25) is 0 Å². The van der Waals surface area contributed by atoms with E-state index in [2.05, 4.69) is 6.92 Å². The number of nitrogens with zero attached hydrogens (tertiary/aromatic N) is 2. The molecule has 0 aromatic carbocycles. The zero-order valence-electron chi connectivity index (χ0n) is 9.96. The second-order valence-corrected chi connectivity index (χ2v) is 5.78. The fraction of sp³-hybridized carbons (Fsp3) is 0.818. The van der Waals surface area contributed by atoms with E-state index in [-0.39, 0.29) is 6.03 Å². The Labute approximate surface area is 105 Å². The number of piperidine rings is 1. The summed E-state index contributed by atoms with van der Waals surface area (Å²) in [5.74, 6) is 0.781. The van der Waals surface area contributed by atoms with Gasteiger partial charge in [0.15, 0.2) is 0 Å². The molecule has 0 bridgehead atoms. The van der Waals surface area contributed by atoms with E-state index in [0.717, 1.165) is 25.9 Å². The molecule has 2 heterocycles. The Morgan fingerprint density at radius 3 is 2.53 bits per heavy atom. The first kappa shape index (κ1) is 12.5. The summed E-state index contributed by atoms with van der Waals surface area (Å²) in [6, 6.07) is -0.749. The summed E-state index contributed by atoms with van der Waals surface area (Å²) in [6.07, 6.45) is 2.04. The maximum absolute atomic E-state index is 12.2. The Morgan fingerprint density at radius 2 is 1.94 bits per heavy atom. The quantitative estimate of drug-likeness (QED) is 0.770. The molecule has 2 aliphatic heterocycles. The minimum atomic E-state index is -0.895. The SMILES string of the molecule is CC1CCN(C(=O)N2CSCC2C(=O)O)CC1. The monoisotopic (exact) mass is 258 g/mol. The molecule has 2 fully saturated rings. The molecule has 1 atom stereocenters. The van der Waals surface area contributed by atoms with E-state index in [0.29, 0.717) is 17.5 Å². The van der Waals surface area contributed by atoms with Crippen molar-refractivity contribution in [2.75, 3.05) is 24.7 Å². The summed E-state index contributed by atoms with van der Waals surface area (Å²) in [5, 5.41) is 9.05. The lowest BCUT2D eigenvalue weighted by Gasteiger charge is -2.34. The number of rotatable bonds is 1. The van der Waals surface area contributed by atoms with Crippen molar-refractivity contribution in [2.24, 2.45) is 5.92 Å². The molecule has 0 aromatic heterocycles. The van der Waals surface area contributed by atoms with E-state index < -0.39 is 12.0 Å². The van der Waals surface area contributed by atoms with Crippen LogP contribution in [0.4, 0.5) is 4.79 Å². The van der Waals surface area contributed by atoms with Crippen molar-refractivity contribution in [3.05, 3.63) is 0 Å². The predicted molar refractivity (Wildman–Crippen MR) is 66.0 cm³/mol. The topological polar surface area (TPSA) is 60.9 Å². The van der Waals surface area contributed by atoms with Crippen LogP contribution in [0.1, 0.15) is 19.8 Å². The predicted octanol–water partition coefficient (Wildman–Crippen LogP) is 1.30. The second kappa shape index (κ2) is 5.16. The lowest BCUT2D eigenvalue weighted by molar-refractivity contribution is -0.141. The number of aliphatic carboxylic acids is 1. The number of carboxylic acids is 1. The Balaban J connectivity index is 1.97. The highest BCUT2D eigenvalue weighted by Gasteiger charge is 2.37. The van der Waals surface area contributed by atoms with Crippen LogP contribution in [-0.4, -0.2) is 57.7 Å². The Kier molecular flexibility index (Phi) is 3.81. The molecule has 0 spiro atoms. The summed E-state index contributed by atoms with van der Waals surface area (Å²) in [7, 11) is 0. The van der Waals surface area contributed by atoms with Gasteiger partial charge in [-0.2, -0.15) is 0 Å². The van der Waals surface area contributed by atoms with Crippen LogP contribution in [0.25, 0.3) is 0 Å². The average molecular weight is 258 g/mol. The number of thioether (sulfide) groups is 1. The molecule has 17 heavy (non-hydrogen) atoms. The number of urea groups is 1. The highest BCUT2D eigenvalue weighted by atomic mass is 32.2. The standard InChI is InChI=1S/C11H18N2O3S/c1-8-2-4-12(5-3-8)11(16)13-7-17-6-9(13)10(14)15/h8-9H,2-7H2,1H3,(H,14,15). The normalized spacial score (nSPS) is 26.3. The van der Waals surface area contributed by atoms with Crippen molar-refractivity contribution < 1.29 is 14.7 Å². The van der Waals surface area contributed by atoms with Gasteiger partial charge in [0.25, 0.3) is 0 Å². The van der Waals surface area contributed by atoms with Gasteiger partial charge in [-0.05, 0) is 18.8 Å². The number of hydrogen-bond acceptors (Lipinski definition) is 3. The van der Waals surface area contributed by atoms with Crippen LogP contribution in [-0.2, 0) is 4.79 Å². The van der Waals surface area contributed by atoms with E-state index >= 15 is 0 Å². The first-order valence-electron chi connectivity index (χ1n) is 5.95. The third-order valence-electron chi connectivity index (χ3n) is 3.47. The molecule has 2 aliphatic rings. The average Bonchev–Trinajstić information content (AvgIpc) is 2.78. The summed E-state index contributed by atoms with van der Waals surface area (Å²) >= 11 is 1.51. The summed E-state index contributed by atoms with van der Waals surface area (Å²) in [5.41, 5.74) is 0. The smallest absolute Gasteiger partial charge is 0.327 e.